The minimum Gasteiger partial charge on any atom is -0.491 e. The zero-order valence-electron chi connectivity index (χ0n) is 15.1. The van der Waals surface area contributed by atoms with Gasteiger partial charge in [-0.1, -0.05) is 6.07 Å². The summed E-state index contributed by atoms with van der Waals surface area (Å²) in [6, 6.07) is 12.3. The van der Waals surface area contributed by atoms with Crippen LogP contribution in [-0.2, 0) is 6.42 Å². The monoisotopic (exact) mass is 382 g/mol. The van der Waals surface area contributed by atoms with Crippen LogP contribution in [0.2, 0.25) is 0 Å². The Hall–Kier alpha value is -2.73. The summed E-state index contributed by atoms with van der Waals surface area (Å²) >= 11 is 1.42. The summed E-state index contributed by atoms with van der Waals surface area (Å²) in [4.78, 5) is 19.0. The second kappa shape index (κ2) is 7.12. The molecule has 0 saturated carbocycles. The van der Waals surface area contributed by atoms with Crippen LogP contribution in [0.25, 0.3) is 10.6 Å². The summed E-state index contributed by atoms with van der Waals surface area (Å²) in [5.74, 6) is 0.273. The largest absolute Gasteiger partial charge is 0.491 e. The zero-order chi connectivity index (χ0) is 19.0. The highest BCUT2D eigenvalue weighted by atomic mass is 32.1. The summed E-state index contributed by atoms with van der Waals surface area (Å²) in [5.41, 5.74) is 2.95. The van der Waals surface area contributed by atoms with Crippen LogP contribution in [0.15, 0.2) is 47.8 Å². The van der Waals surface area contributed by atoms with Crippen LogP contribution in [0, 0.1) is 5.82 Å². The molecule has 138 valence electrons. The average Bonchev–Trinajstić information content (AvgIpc) is 3.28. The molecule has 3 aromatic rings. The number of fused-ring (bicyclic) bond motifs is 1. The van der Waals surface area contributed by atoms with E-state index in [1.54, 1.807) is 16.3 Å². The summed E-state index contributed by atoms with van der Waals surface area (Å²) in [6.45, 7) is 4.51. The Labute approximate surface area is 161 Å². The van der Waals surface area contributed by atoms with Gasteiger partial charge in [-0.3, -0.25) is 4.79 Å². The zero-order valence-corrected chi connectivity index (χ0v) is 15.9. The van der Waals surface area contributed by atoms with E-state index >= 15 is 0 Å². The number of ether oxygens (including phenoxy) is 1. The van der Waals surface area contributed by atoms with Gasteiger partial charge in [0, 0.05) is 17.5 Å². The molecule has 1 aromatic heterocycles. The van der Waals surface area contributed by atoms with Crippen molar-refractivity contribution in [2.75, 3.05) is 11.4 Å². The second-order valence-electron chi connectivity index (χ2n) is 6.71. The minimum absolute atomic E-state index is 0.119. The molecule has 0 spiro atoms. The fourth-order valence-corrected chi connectivity index (χ4v) is 3.95. The van der Waals surface area contributed by atoms with E-state index < -0.39 is 0 Å². The normalized spacial score (nSPS) is 13.1. The number of halogens is 1. The van der Waals surface area contributed by atoms with E-state index in [0.717, 1.165) is 28.3 Å². The number of anilines is 1. The molecule has 27 heavy (non-hydrogen) atoms. The number of aromatic nitrogens is 1. The van der Waals surface area contributed by atoms with Crippen molar-refractivity contribution in [2.24, 2.45) is 0 Å². The topological polar surface area (TPSA) is 42.4 Å². The van der Waals surface area contributed by atoms with Gasteiger partial charge in [-0.15, -0.1) is 11.3 Å². The predicted octanol–water partition coefficient (Wildman–Crippen LogP) is 4.94. The van der Waals surface area contributed by atoms with E-state index in [4.69, 9.17) is 4.74 Å². The van der Waals surface area contributed by atoms with Gasteiger partial charge in [0.2, 0.25) is 0 Å². The molecule has 6 heteroatoms. The highest BCUT2D eigenvalue weighted by molar-refractivity contribution is 7.13. The standard InChI is InChI=1S/C21H19FN2O2S/c1-13(2)26-17-7-4-15(5-8-17)20-23-18(12-27-20)21(25)24-10-9-14-3-6-16(22)11-19(14)24/h3-8,11-13H,9-10H2,1-2H3. The molecule has 0 unspecified atom stereocenters. The van der Waals surface area contributed by atoms with Gasteiger partial charge in [-0.25, -0.2) is 9.37 Å². The van der Waals surface area contributed by atoms with E-state index in [2.05, 4.69) is 4.98 Å². The number of carbonyl (C=O) groups excluding carboxylic acids is 1. The van der Waals surface area contributed by atoms with Crippen LogP contribution < -0.4 is 9.64 Å². The van der Waals surface area contributed by atoms with Crippen molar-refractivity contribution in [3.05, 3.63) is 64.9 Å². The first-order valence-corrected chi connectivity index (χ1v) is 9.72. The third-order valence-electron chi connectivity index (χ3n) is 4.38. The number of thiazole rings is 1. The van der Waals surface area contributed by atoms with Crippen molar-refractivity contribution in [3.63, 3.8) is 0 Å². The van der Waals surface area contributed by atoms with Gasteiger partial charge in [0.25, 0.3) is 5.91 Å². The lowest BCUT2D eigenvalue weighted by Gasteiger charge is -2.15. The van der Waals surface area contributed by atoms with Crippen LogP contribution >= 0.6 is 11.3 Å². The van der Waals surface area contributed by atoms with Gasteiger partial charge < -0.3 is 9.64 Å². The van der Waals surface area contributed by atoms with Crippen molar-refractivity contribution in [3.8, 4) is 16.3 Å². The number of amides is 1. The molecular weight excluding hydrogens is 363 g/mol. The van der Waals surface area contributed by atoms with Crippen molar-refractivity contribution in [1.82, 2.24) is 4.98 Å². The maximum absolute atomic E-state index is 13.6. The van der Waals surface area contributed by atoms with Crippen molar-refractivity contribution < 1.29 is 13.9 Å². The van der Waals surface area contributed by atoms with Gasteiger partial charge >= 0.3 is 0 Å². The molecule has 0 saturated heterocycles. The molecular formula is C21H19FN2O2S. The number of benzene rings is 2. The summed E-state index contributed by atoms with van der Waals surface area (Å²) in [6.07, 6.45) is 0.850. The van der Waals surface area contributed by atoms with Crippen molar-refractivity contribution in [2.45, 2.75) is 26.4 Å². The molecule has 2 aromatic carbocycles. The van der Waals surface area contributed by atoms with E-state index in [9.17, 15) is 9.18 Å². The summed E-state index contributed by atoms with van der Waals surface area (Å²) < 4.78 is 19.2. The van der Waals surface area contributed by atoms with Gasteiger partial charge in [-0.05, 0) is 62.2 Å². The third kappa shape index (κ3) is 3.57. The van der Waals surface area contributed by atoms with Crippen LogP contribution in [-0.4, -0.2) is 23.5 Å². The number of hydrogen-bond donors (Lipinski definition) is 0. The molecule has 0 fully saturated rings. The Bertz CT molecular complexity index is 982. The fourth-order valence-electron chi connectivity index (χ4n) is 3.15. The Kier molecular flexibility index (Phi) is 4.66. The molecule has 1 amide bonds. The number of nitrogens with zero attached hydrogens (tertiary/aromatic N) is 2. The Morgan fingerprint density at radius 3 is 2.74 bits per heavy atom. The Morgan fingerprint density at radius 2 is 2.00 bits per heavy atom. The number of hydrogen-bond acceptors (Lipinski definition) is 4. The molecule has 4 nitrogen and oxygen atoms in total. The third-order valence-corrected chi connectivity index (χ3v) is 5.28. The van der Waals surface area contributed by atoms with Crippen LogP contribution in [0.3, 0.4) is 0 Å². The predicted molar refractivity (Wildman–Crippen MR) is 105 cm³/mol. The van der Waals surface area contributed by atoms with Crippen LogP contribution in [0.4, 0.5) is 10.1 Å². The SMILES string of the molecule is CC(C)Oc1ccc(-c2nc(C(=O)N3CCc4ccc(F)cc43)cs2)cc1. The Morgan fingerprint density at radius 1 is 1.22 bits per heavy atom. The molecule has 4 rings (SSSR count). The van der Waals surface area contributed by atoms with E-state index in [1.165, 1.54) is 23.5 Å². The summed E-state index contributed by atoms with van der Waals surface area (Å²) in [7, 11) is 0. The summed E-state index contributed by atoms with van der Waals surface area (Å²) in [5, 5.41) is 2.53. The molecule has 0 radical (unpaired) electrons. The first-order chi connectivity index (χ1) is 13.0. The first kappa shape index (κ1) is 17.7. The smallest absolute Gasteiger partial charge is 0.277 e. The molecule has 1 aliphatic heterocycles. The molecule has 2 heterocycles. The number of rotatable bonds is 4. The molecule has 1 aliphatic rings. The maximum Gasteiger partial charge on any atom is 0.277 e. The lowest BCUT2D eigenvalue weighted by molar-refractivity contribution is 0.0985. The Balaban J connectivity index is 1.55. The van der Waals surface area contributed by atoms with Gasteiger partial charge in [-0.2, -0.15) is 0 Å². The van der Waals surface area contributed by atoms with Crippen molar-refractivity contribution >= 4 is 22.9 Å². The minimum atomic E-state index is -0.337. The second-order valence-corrected chi connectivity index (χ2v) is 7.57. The lowest BCUT2D eigenvalue weighted by Crippen LogP contribution is -2.29. The molecule has 0 N–H and O–H groups in total. The van der Waals surface area contributed by atoms with Crippen LogP contribution in [0.1, 0.15) is 29.9 Å². The van der Waals surface area contributed by atoms with Crippen molar-refractivity contribution in [1.29, 1.82) is 0 Å². The average molecular weight is 382 g/mol. The highest BCUT2D eigenvalue weighted by Crippen LogP contribution is 2.31. The highest BCUT2D eigenvalue weighted by Gasteiger charge is 2.27. The van der Waals surface area contributed by atoms with Gasteiger partial charge in [0.1, 0.15) is 22.3 Å². The van der Waals surface area contributed by atoms with E-state index in [1.807, 2.05) is 38.1 Å². The van der Waals surface area contributed by atoms with Gasteiger partial charge in [0.15, 0.2) is 0 Å². The van der Waals surface area contributed by atoms with E-state index in [0.29, 0.717) is 17.9 Å². The lowest BCUT2D eigenvalue weighted by atomic mass is 10.2. The number of carbonyl (C=O) groups is 1. The van der Waals surface area contributed by atoms with Gasteiger partial charge in [0.05, 0.1) is 11.8 Å². The quantitative estimate of drug-likeness (QED) is 0.642. The maximum atomic E-state index is 13.6. The van der Waals surface area contributed by atoms with Crippen LogP contribution in [0.5, 0.6) is 5.75 Å². The molecule has 0 aliphatic carbocycles. The molecule has 0 atom stereocenters. The fraction of sp³-hybridized carbons (Fsp3) is 0.238. The van der Waals surface area contributed by atoms with E-state index in [-0.39, 0.29) is 17.8 Å². The first-order valence-electron chi connectivity index (χ1n) is 8.84. The molecule has 0 bridgehead atoms.